The Morgan fingerprint density at radius 3 is 2.41 bits per heavy atom. The van der Waals surface area contributed by atoms with E-state index in [0.717, 1.165) is 16.8 Å². The van der Waals surface area contributed by atoms with Crippen LogP contribution in [-0.2, 0) is 9.59 Å². The van der Waals surface area contributed by atoms with Crippen molar-refractivity contribution in [2.75, 3.05) is 4.90 Å². The molecule has 0 bridgehead atoms. The smallest absolute Gasteiger partial charge is 0.247 e. The van der Waals surface area contributed by atoms with Crippen molar-refractivity contribution < 1.29 is 9.59 Å². The summed E-state index contributed by atoms with van der Waals surface area (Å²) in [6.07, 6.45) is 0.123. The lowest BCUT2D eigenvalue weighted by atomic mass is 10.1. The molecule has 2 amide bonds. The number of tetrazole rings is 1. The molecule has 1 fully saturated rings. The summed E-state index contributed by atoms with van der Waals surface area (Å²) in [6.45, 7) is 3.89. The van der Waals surface area contributed by atoms with Gasteiger partial charge in [-0.3, -0.25) is 9.59 Å². The number of benzene rings is 2. The van der Waals surface area contributed by atoms with Crippen LogP contribution in [0.25, 0.3) is 5.69 Å². The zero-order chi connectivity index (χ0) is 19.0. The molecule has 1 aliphatic heterocycles. The van der Waals surface area contributed by atoms with Crippen molar-refractivity contribution >= 4 is 29.3 Å². The summed E-state index contributed by atoms with van der Waals surface area (Å²) in [6, 6.07) is 15.1. The molecule has 8 heteroatoms. The maximum absolute atomic E-state index is 12.9. The van der Waals surface area contributed by atoms with Crippen molar-refractivity contribution in [1.29, 1.82) is 0 Å². The fraction of sp³-hybridized carbons (Fsp3) is 0.211. The molecule has 7 nitrogen and oxygen atoms in total. The monoisotopic (exact) mass is 379 g/mol. The van der Waals surface area contributed by atoms with E-state index in [0.29, 0.717) is 10.8 Å². The highest BCUT2D eigenvalue weighted by molar-refractivity contribution is 8.00. The van der Waals surface area contributed by atoms with E-state index < -0.39 is 5.25 Å². The minimum absolute atomic E-state index is 0.123. The number of para-hydroxylation sites is 1. The van der Waals surface area contributed by atoms with Gasteiger partial charge in [-0.15, -0.1) is 5.10 Å². The Morgan fingerprint density at radius 2 is 1.70 bits per heavy atom. The Morgan fingerprint density at radius 1 is 1.00 bits per heavy atom. The highest BCUT2D eigenvalue weighted by atomic mass is 32.2. The van der Waals surface area contributed by atoms with E-state index in [-0.39, 0.29) is 18.2 Å². The molecule has 0 spiro atoms. The second-order valence-electron chi connectivity index (χ2n) is 6.43. The van der Waals surface area contributed by atoms with E-state index in [9.17, 15) is 9.59 Å². The highest BCUT2D eigenvalue weighted by Crippen LogP contribution is 2.34. The number of aryl methyl sites for hydroxylation is 2. The molecule has 0 radical (unpaired) electrons. The normalized spacial score (nSPS) is 17.0. The lowest BCUT2D eigenvalue weighted by Gasteiger charge is -2.16. The summed E-state index contributed by atoms with van der Waals surface area (Å²) in [5.74, 6) is -0.446. The topological polar surface area (TPSA) is 81.0 Å². The van der Waals surface area contributed by atoms with Crippen LogP contribution in [0.4, 0.5) is 5.69 Å². The van der Waals surface area contributed by atoms with Crippen LogP contribution in [0.3, 0.4) is 0 Å². The van der Waals surface area contributed by atoms with E-state index in [1.165, 1.54) is 16.7 Å². The Balaban J connectivity index is 1.60. The number of carbonyl (C=O) groups is 2. The second-order valence-corrected chi connectivity index (χ2v) is 7.60. The molecule has 2 aromatic carbocycles. The highest BCUT2D eigenvalue weighted by Gasteiger charge is 2.41. The number of rotatable bonds is 4. The molecule has 1 atom stereocenters. The zero-order valence-electron chi connectivity index (χ0n) is 14.9. The van der Waals surface area contributed by atoms with Gasteiger partial charge >= 0.3 is 0 Å². The van der Waals surface area contributed by atoms with Gasteiger partial charge in [0, 0.05) is 6.42 Å². The fourth-order valence-electron chi connectivity index (χ4n) is 3.16. The van der Waals surface area contributed by atoms with Crippen LogP contribution >= 0.6 is 11.8 Å². The van der Waals surface area contributed by atoms with Gasteiger partial charge in [0.1, 0.15) is 5.25 Å². The third-order valence-corrected chi connectivity index (χ3v) is 5.38. The Kier molecular flexibility index (Phi) is 4.49. The van der Waals surface area contributed by atoms with Crippen LogP contribution in [-0.4, -0.2) is 37.3 Å². The molecule has 1 aromatic heterocycles. The van der Waals surface area contributed by atoms with Crippen molar-refractivity contribution in [3.8, 4) is 5.69 Å². The summed E-state index contributed by atoms with van der Waals surface area (Å²) < 4.78 is 1.57. The summed E-state index contributed by atoms with van der Waals surface area (Å²) in [5, 5.41) is 11.7. The molecule has 0 unspecified atom stereocenters. The molecule has 1 aliphatic rings. The van der Waals surface area contributed by atoms with Crippen LogP contribution in [0.1, 0.15) is 17.5 Å². The SMILES string of the molecule is Cc1cc(C)cc(N2C(=O)C[C@@H](Sc3nnnn3-c3ccccc3)C2=O)c1. The lowest BCUT2D eigenvalue weighted by molar-refractivity contribution is -0.121. The van der Waals surface area contributed by atoms with Gasteiger partial charge in [-0.2, -0.15) is 4.68 Å². The standard InChI is InChI=1S/C19H17N5O2S/c1-12-8-13(2)10-15(9-12)23-17(25)11-16(18(23)26)27-19-20-21-22-24(19)14-6-4-3-5-7-14/h3-10,16H,11H2,1-2H3/t16-/m1/s1. The zero-order valence-corrected chi connectivity index (χ0v) is 15.7. The number of nitrogens with zero attached hydrogens (tertiary/aromatic N) is 5. The number of aromatic nitrogens is 4. The van der Waals surface area contributed by atoms with Gasteiger partial charge < -0.3 is 0 Å². The first-order valence-electron chi connectivity index (χ1n) is 8.48. The van der Waals surface area contributed by atoms with Gasteiger partial charge in [0.05, 0.1) is 11.4 Å². The Bertz CT molecular complexity index is 998. The molecule has 0 saturated carbocycles. The lowest BCUT2D eigenvalue weighted by Crippen LogP contribution is -2.31. The third-order valence-electron chi connectivity index (χ3n) is 4.26. The van der Waals surface area contributed by atoms with E-state index >= 15 is 0 Å². The molecule has 2 heterocycles. The molecule has 3 aromatic rings. The van der Waals surface area contributed by atoms with Crippen molar-refractivity contribution in [2.45, 2.75) is 30.7 Å². The number of anilines is 1. The van der Waals surface area contributed by atoms with E-state index in [4.69, 9.17) is 0 Å². The summed E-state index contributed by atoms with van der Waals surface area (Å²) >= 11 is 1.21. The van der Waals surface area contributed by atoms with Gasteiger partial charge in [0.25, 0.3) is 0 Å². The van der Waals surface area contributed by atoms with Crippen LogP contribution in [0.2, 0.25) is 0 Å². The minimum atomic E-state index is -0.549. The molecular formula is C19H17N5O2S. The third kappa shape index (κ3) is 3.35. The summed E-state index contributed by atoms with van der Waals surface area (Å²) in [7, 11) is 0. The van der Waals surface area contributed by atoms with Crippen LogP contribution in [0.15, 0.2) is 53.7 Å². The molecule has 0 N–H and O–H groups in total. The average molecular weight is 379 g/mol. The number of carbonyl (C=O) groups excluding carboxylic acids is 2. The average Bonchev–Trinajstić information content (AvgIpc) is 3.20. The maximum atomic E-state index is 12.9. The predicted molar refractivity (Wildman–Crippen MR) is 102 cm³/mol. The summed E-state index contributed by atoms with van der Waals surface area (Å²) in [5.41, 5.74) is 3.44. The van der Waals surface area contributed by atoms with E-state index in [2.05, 4.69) is 15.5 Å². The first-order valence-corrected chi connectivity index (χ1v) is 9.36. The van der Waals surface area contributed by atoms with Crippen molar-refractivity contribution in [3.05, 3.63) is 59.7 Å². The predicted octanol–water partition coefficient (Wildman–Crippen LogP) is 2.70. The minimum Gasteiger partial charge on any atom is -0.274 e. The molecular weight excluding hydrogens is 362 g/mol. The van der Waals surface area contributed by atoms with Crippen molar-refractivity contribution in [2.24, 2.45) is 0 Å². The van der Waals surface area contributed by atoms with Gasteiger partial charge in [-0.05, 0) is 59.7 Å². The van der Waals surface area contributed by atoms with Gasteiger partial charge in [0.15, 0.2) is 0 Å². The number of amides is 2. The number of hydrogen-bond acceptors (Lipinski definition) is 6. The fourth-order valence-corrected chi connectivity index (χ4v) is 4.17. The molecule has 4 rings (SSSR count). The van der Waals surface area contributed by atoms with Gasteiger partial charge in [0.2, 0.25) is 17.0 Å². The first-order chi connectivity index (χ1) is 13.0. The molecule has 0 aliphatic carbocycles. The van der Waals surface area contributed by atoms with Crippen LogP contribution in [0, 0.1) is 13.8 Å². The first kappa shape index (κ1) is 17.4. The van der Waals surface area contributed by atoms with Gasteiger partial charge in [-0.25, -0.2) is 4.90 Å². The Labute approximate surface area is 160 Å². The second kappa shape index (κ2) is 6.96. The largest absolute Gasteiger partial charge is 0.274 e. The van der Waals surface area contributed by atoms with E-state index in [1.807, 2.05) is 62.4 Å². The Hall–Kier alpha value is -3.00. The quantitative estimate of drug-likeness (QED) is 0.649. The number of imide groups is 1. The number of thioether (sulfide) groups is 1. The van der Waals surface area contributed by atoms with Crippen LogP contribution in [0.5, 0.6) is 0 Å². The van der Waals surface area contributed by atoms with Crippen molar-refractivity contribution in [1.82, 2.24) is 20.2 Å². The summed E-state index contributed by atoms with van der Waals surface area (Å²) in [4.78, 5) is 26.7. The maximum Gasteiger partial charge on any atom is 0.247 e. The van der Waals surface area contributed by atoms with Gasteiger partial charge in [-0.1, -0.05) is 36.0 Å². The molecule has 1 saturated heterocycles. The van der Waals surface area contributed by atoms with E-state index in [1.54, 1.807) is 4.68 Å². The van der Waals surface area contributed by atoms with Crippen LogP contribution < -0.4 is 4.90 Å². The molecule has 136 valence electrons. The van der Waals surface area contributed by atoms with Crippen molar-refractivity contribution in [3.63, 3.8) is 0 Å². The molecule has 27 heavy (non-hydrogen) atoms. The number of hydrogen-bond donors (Lipinski definition) is 0.